The van der Waals surface area contributed by atoms with E-state index in [1.165, 1.54) is 0 Å². The van der Waals surface area contributed by atoms with E-state index in [0.29, 0.717) is 5.82 Å². The van der Waals surface area contributed by atoms with Gasteiger partial charge in [-0.2, -0.15) is 0 Å². The Hall–Kier alpha value is -2.81. The molecule has 3 heteroatoms. The quantitative estimate of drug-likeness (QED) is 0.743. The molecule has 104 valence electrons. The minimum atomic E-state index is 0.239. The van der Waals surface area contributed by atoms with Gasteiger partial charge in [0.05, 0.1) is 0 Å². The summed E-state index contributed by atoms with van der Waals surface area (Å²) in [4.78, 5) is 4.27. The Morgan fingerprint density at radius 2 is 1.57 bits per heavy atom. The third kappa shape index (κ3) is 2.34. The summed E-state index contributed by atoms with van der Waals surface area (Å²) in [7, 11) is 0. The molecule has 0 aliphatic heterocycles. The summed E-state index contributed by atoms with van der Waals surface area (Å²) in [5.41, 5.74) is 10.5. The second-order valence-electron chi connectivity index (χ2n) is 4.94. The van der Waals surface area contributed by atoms with Crippen LogP contribution < -0.4 is 5.73 Å². The lowest BCUT2D eigenvalue weighted by Gasteiger charge is -2.15. The van der Waals surface area contributed by atoms with Crippen molar-refractivity contribution in [2.45, 2.75) is 6.92 Å². The molecule has 3 N–H and O–H groups in total. The minimum Gasteiger partial charge on any atom is -0.507 e. The van der Waals surface area contributed by atoms with E-state index in [9.17, 15) is 5.11 Å². The number of anilines is 1. The normalized spacial score (nSPS) is 10.5. The van der Waals surface area contributed by atoms with Crippen LogP contribution in [0.1, 0.15) is 5.56 Å². The lowest BCUT2D eigenvalue weighted by Crippen LogP contribution is -1.99. The van der Waals surface area contributed by atoms with Crippen LogP contribution >= 0.6 is 0 Å². The average Bonchev–Trinajstić information content (AvgIpc) is 2.52. The SMILES string of the molecule is Cc1c(N)ncc(-c2ccccc2)c1-c1ccccc1O. The molecule has 0 fully saturated rings. The topological polar surface area (TPSA) is 59.1 Å². The van der Waals surface area contributed by atoms with Gasteiger partial charge in [-0.3, -0.25) is 0 Å². The van der Waals surface area contributed by atoms with Crippen molar-refractivity contribution in [3.63, 3.8) is 0 Å². The van der Waals surface area contributed by atoms with Gasteiger partial charge in [0.15, 0.2) is 0 Å². The Balaban J connectivity index is 2.33. The van der Waals surface area contributed by atoms with Gasteiger partial charge in [0.2, 0.25) is 0 Å². The number of pyridine rings is 1. The summed E-state index contributed by atoms with van der Waals surface area (Å²) in [5.74, 6) is 0.719. The molecule has 0 bridgehead atoms. The molecule has 0 atom stereocenters. The highest BCUT2D eigenvalue weighted by atomic mass is 16.3. The van der Waals surface area contributed by atoms with E-state index >= 15 is 0 Å². The number of aromatic hydroxyl groups is 1. The van der Waals surface area contributed by atoms with E-state index in [1.807, 2.05) is 49.4 Å². The Bertz CT molecular complexity index is 782. The molecule has 0 aliphatic carbocycles. The zero-order valence-electron chi connectivity index (χ0n) is 11.7. The number of aromatic nitrogens is 1. The molecule has 0 saturated carbocycles. The second kappa shape index (κ2) is 5.29. The van der Waals surface area contributed by atoms with Crippen LogP contribution in [0.15, 0.2) is 60.8 Å². The molecule has 1 heterocycles. The first-order valence-electron chi connectivity index (χ1n) is 6.77. The van der Waals surface area contributed by atoms with Crippen molar-refractivity contribution in [2.24, 2.45) is 0 Å². The molecule has 1 aromatic heterocycles. The van der Waals surface area contributed by atoms with E-state index in [4.69, 9.17) is 5.73 Å². The van der Waals surface area contributed by atoms with Crippen LogP contribution in [0.5, 0.6) is 5.75 Å². The average molecular weight is 276 g/mol. The molecule has 3 nitrogen and oxygen atoms in total. The fraction of sp³-hybridized carbons (Fsp3) is 0.0556. The predicted octanol–water partition coefficient (Wildman–Crippen LogP) is 4.01. The van der Waals surface area contributed by atoms with Gasteiger partial charge in [0.1, 0.15) is 11.6 Å². The standard InChI is InChI=1S/C18H16N2O/c1-12-17(14-9-5-6-10-16(14)21)15(11-20-18(12)19)13-7-3-2-4-8-13/h2-11,21H,1H3,(H2,19,20). The largest absolute Gasteiger partial charge is 0.507 e. The van der Waals surface area contributed by atoms with Crippen LogP contribution in [0.2, 0.25) is 0 Å². The minimum absolute atomic E-state index is 0.239. The van der Waals surface area contributed by atoms with Gasteiger partial charge in [-0.05, 0) is 24.1 Å². The van der Waals surface area contributed by atoms with E-state index in [-0.39, 0.29) is 5.75 Å². The number of hydrogen-bond acceptors (Lipinski definition) is 3. The fourth-order valence-corrected chi connectivity index (χ4v) is 2.49. The number of nitrogens with zero attached hydrogens (tertiary/aromatic N) is 1. The number of hydrogen-bond donors (Lipinski definition) is 2. The molecule has 0 unspecified atom stereocenters. The van der Waals surface area contributed by atoms with E-state index in [1.54, 1.807) is 18.3 Å². The molecular weight excluding hydrogens is 260 g/mol. The first-order valence-corrected chi connectivity index (χ1v) is 6.77. The predicted molar refractivity (Wildman–Crippen MR) is 85.9 cm³/mol. The molecule has 0 radical (unpaired) electrons. The summed E-state index contributed by atoms with van der Waals surface area (Å²) < 4.78 is 0. The van der Waals surface area contributed by atoms with E-state index < -0.39 is 0 Å². The molecule has 0 aliphatic rings. The molecule has 2 aromatic carbocycles. The molecular formula is C18H16N2O. The van der Waals surface area contributed by atoms with Crippen LogP contribution in [0.4, 0.5) is 5.82 Å². The van der Waals surface area contributed by atoms with Gasteiger partial charge in [0.25, 0.3) is 0 Å². The maximum absolute atomic E-state index is 10.2. The first kappa shape index (κ1) is 13.2. The van der Waals surface area contributed by atoms with Crippen LogP contribution in [-0.2, 0) is 0 Å². The zero-order chi connectivity index (χ0) is 14.8. The lowest BCUT2D eigenvalue weighted by atomic mass is 9.92. The third-order valence-electron chi connectivity index (χ3n) is 3.62. The van der Waals surface area contributed by atoms with Crippen molar-refractivity contribution in [1.82, 2.24) is 4.98 Å². The van der Waals surface area contributed by atoms with Gasteiger partial charge in [0, 0.05) is 22.9 Å². The van der Waals surface area contributed by atoms with Crippen molar-refractivity contribution in [1.29, 1.82) is 0 Å². The Labute approximate surface area is 123 Å². The zero-order valence-corrected chi connectivity index (χ0v) is 11.7. The van der Waals surface area contributed by atoms with E-state index in [0.717, 1.165) is 27.8 Å². The summed E-state index contributed by atoms with van der Waals surface area (Å²) in [6.45, 7) is 1.93. The molecule has 3 aromatic rings. The van der Waals surface area contributed by atoms with E-state index in [2.05, 4.69) is 4.98 Å². The molecule has 0 saturated heterocycles. The Morgan fingerprint density at radius 1 is 0.905 bits per heavy atom. The summed E-state index contributed by atoms with van der Waals surface area (Å²) in [6.07, 6.45) is 1.76. The first-order chi connectivity index (χ1) is 10.2. The number of para-hydroxylation sites is 1. The van der Waals surface area contributed by atoms with Crippen molar-refractivity contribution < 1.29 is 5.11 Å². The van der Waals surface area contributed by atoms with Crippen molar-refractivity contribution in [2.75, 3.05) is 5.73 Å². The molecule has 3 rings (SSSR count). The van der Waals surface area contributed by atoms with Crippen LogP contribution in [0.3, 0.4) is 0 Å². The summed E-state index contributed by atoms with van der Waals surface area (Å²) >= 11 is 0. The highest BCUT2D eigenvalue weighted by molar-refractivity contribution is 5.89. The highest BCUT2D eigenvalue weighted by Crippen LogP contribution is 2.39. The van der Waals surface area contributed by atoms with Crippen molar-refractivity contribution in [3.8, 4) is 28.0 Å². The number of phenols is 1. The van der Waals surface area contributed by atoms with Crippen LogP contribution in [0, 0.1) is 6.92 Å². The monoisotopic (exact) mass is 276 g/mol. The fourth-order valence-electron chi connectivity index (χ4n) is 2.49. The highest BCUT2D eigenvalue weighted by Gasteiger charge is 2.15. The van der Waals surface area contributed by atoms with Gasteiger partial charge in [-0.15, -0.1) is 0 Å². The second-order valence-corrected chi connectivity index (χ2v) is 4.94. The van der Waals surface area contributed by atoms with Crippen molar-refractivity contribution in [3.05, 3.63) is 66.4 Å². The number of phenolic OH excluding ortho intramolecular Hbond substituents is 1. The van der Waals surface area contributed by atoms with Gasteiger partial charge in [-0.1, -0.05) is 48.5 Å². The van der Waals surface area contributed by atoms with Crippen LogP contribution in [-0.4, -0.2) is 10.1 Å². The van der Waals surface area contributed by atoms with Gasteiger partial charge < -0.3 is 10.8 Å². The maximum atomic E-state index is 10.2. The van der Waals surface area contributed by atoms with Gasteiger partial charge >= 0.3 is 0 Å². The molecule has 0 amide bonds. The van der Waals surface area contributed by atoms with Gasteiger partial charge in [-0.25, -0.2) is 4.98 Å². The maximum Gasteiger partial charge on any atom is 0.126 e. The Kier molecular flexibility index (Phi) is 3.32. The third-order valence-corrected chi connectivity index (χ3v) is 3.62. The number of rotatable bonds is 2. The lowest BCUT2D eigenvalue weighted by molar-refractivity contribution is 0.477. The Morgan fingerprint density at radius 3 is 2.29 bits per heavy atom. The van der Waals surface area contributed by atoms with Crippen LogP contribution in [0.25, 0.3) is 22.3 Å². The summed E-state index contributed by atoms with van der Waals surface area (Å²) in [5, 5.41) is 10.2. The van der Waals surface area contributed by atoms with Crippen molar-refractivity contribution >= 4 is 5.82 Å². The summed E-state index contributed by atoms with van der Waals surface area (Å²) in [6, 6.07) is 17.3. The smallest absolute Gasteiger partial charge is 0.126 e. The molecule has 0 spiro atoms. The number of nitrogens with two attached hydrogens (primary N) is 1. The number of benzene rings is 2. The molecule has 21 heavy (non-hydrogen) atoms. The number of nitrogen functional groups attached to an aromatic ring is 1.